The van der Waals surface area contributed by atoms with Crippen LogP contribution in [0, 0.1) is 0 Å². The minimum absolute atomic E-state index is 0.472. The molecular formula is C8H9F7O. The molecule has 0 aliphatic carbocycles. The van der Waals surface area contributed by atoms with Crippen molar-refractivity contribution < 1.29 is 35.5 Å². The molecule has 1 nitrogen and oxygen atoms in total. The number of rotatable bonds is 4. The fourth-order valence-corrected chi connectivity index (χ4v) is 0.762. The average molecular weight is 254 g/mol. The van der Waals surface area contributed by atoms with Crippen molar-refractivity contribution in [2.45, 2.75) is 24.9 Å². The van der Waals surface area contributed by atoms with Crippen LogP contribution in [0.5, 0.6) is 0 Å². The first-order valence-corrected chi connectivity index (χ1v) is 3.97. The van der Waals surface area contributed by atoms with Crippen LogP contribution >= 0.6 is 0 Å². The Kier molecular flexibility index (Phi) is 4.38. The molecule has 0 aromatic carbocycles. The molecule has 0 bridgehead atoms. The fourth-order valence-electron chi connectivity index (χ4n) is 0.762. The quantitative estimate of drug-likeness (QED) is 0.551. The number of methoxy groups -OCH3 is 1. The normalized spacial score (nSPS) is 15.4. The third-order valence-electron chi connectivity index (χ3n) is 1.80. The van der Waals surface area contributed by atoms with Crippen LogP contribution in [-0.2, 0) is 4.74 Å². The number of halogens is 7. The highest BCUT2D eigenvalue weighted by Gasteiger charge is 2.73. The van der Waals surface area contributed by atoms with Gasteiger partial charge in [-0.05, 0) is 6.92 Å². The zero-order chi connectivity index (χ0) is 13.2. The van der Waals surface area contributed by atoms with Crippen LogP contribution in [0.2, 0.25) is 0 Å². The van der Waals surface area contributed by atoms with Crippen molar-refractivity contribution in [3.8, 4) is 0 Å². The van der Waals surface area contributed by atoms with Crippen molar-refractivity contribution in [3.05, 3.63) is 11.6 Å². The standard InChI is InChI=1S/C8H9F7O/c1-5(3-4-16-2)6(9,10)7(11,12)8(13,14)15/h3H,4H2,1-2H3/b5-3+. The molecule has 0 spiro atoms. The minimum Gasteiger partial charge on any atom is -0.381 e. The first kappa shape index (κ1) is 15.2. The SMILES string of the molecule is COC/C=C(\C)C(F)(F)C(F)(F)C(F)(F)F. The number of hydrogen-bond acceptors (Lipinski definition) is 1. The average Bonchev–Trinajstić information content (AvgIpc) is 2.11. The number of ether oxygens (including phenoxy) is 1. The Bertz CT molecular complexity index is 266. The van der Waals surface area contributed by atoms with Gasteiger partial charge in [0.15, 0.2) is 0 Å². The molecule has 16 heavy (non-hydrogen) atoms. The summed E-state index contributed by atoms with van der Waals surface area (Å²) < 4.78 is 89.9. The molecule has 0 fully saturated rings. The molecule has 0 heterocycles. The molecule has 0 aliphatic rings. The van der Waals surface area contributed by atoms with E-state index in [2.05, 4.69) is 4.74 Å². The summed E-state index contributed by atoms with van der Waals surface area (Å²) in [7, 11) is 1.09. The first-order valence-electron chi connectivity index (χ1n) is 3.97. The number of allylic oxidation sites excluding steroid dienone is 1. The summed E-state index contributed by atoms with van der Waals surface area (Å²) in [6.45, 7) is 0.00797. The Hall–Kier alpha value is -0.790. The van der Waals surface area contributed by atoms with Crippen LogP contribution in [0.1, 0.15) is 6.92 Å². The van der Waals surface area contributed by atoms with E-state index >= 15 is 0 Å². The van der Waals surface area contributed by atoms with E-state index in [1.807, 2.05) is 0 Å². The minimum atomic E-state index is -6.31. The van der Waals surface area contributed by atoms with Gasteiger partial charge in [-0.1, -0.05) is 6.08 Å². The van der Waals surface area contributed by atoms with Gasteiger partial charge in [0.2, 0.25) is 0 Å². The lowest BCUT2D eigenvalue weighted by Gasteiger charge is -2.28. The molecule has 8 heteroatoms. The molecule has 96 valence electrons. The topological polar surface area (TPSA) is 9.23 Å². The van der Waals surface area contributed by atoms with Crippen molar-refractivity contribution in [2.75, 3.05) is 13.7 Å². The van der Waals surface area contributed by atoms with Crippen LogP contribution in [0.3, 0.4) is 0 Å². The van der Waals surface area contributed by atoms with Crippen molar-refractivity contribution >= 4 is 0 Å². The molecule has 0 unspecified atom stereocenters. The van der Waals surface area contributed by atoms with Gasteiger partial charge in [-0.2, -0.15) is 30.7 Å². The van der Waals surface area contributed by atoms with Gasteiger partial charge in [0, 0.05) is 12.7 Å². The summed E-state index contributed by atoms with van der Waals surface area (Å²) in [6.07, 6.45) is -5.83. The summed E-state index contributed by atoms with van der Waals surface area (Å²) >= 11 is 0. The van der Waals surface area contributed by atoms with Gasteiger partial charge in [-0.25, -0.2) is 0 Å². The number of alkyl halides is 7. The second kappa shape index (κ2) is 4.60. The molecule has 0 saturated heterocycles. The van der Waals surface area contributed by atoms with Gasteiger partial charge < -0.3 is 4.74 Å². The van der Waals surface area contributed by atoms with Crippen LogP contribution in [0.25, 0.3) is 0 Å². The molecule has 0 saturated carbocycles. The predicted octanol–water partition coefficient (Wildman–Crippen LogP) is 3.41. The second-order valence-electron chi connectivity index (χ2n) is 2.99. The van der Waals surface area contributed by atoms with E-state index < -0.39 is 30.2 Å². The summed E-state index contributed by atoms with van der Waals surface area (Å²) in [6, 6.07) is 0. The van der Waals surface area contributed by atoms with Gasteiger partial charge in [-0.3, -0.25) is 0 Å². The molecule has 0 aromatic heterocycles. The lowest BCUT2D eigenvalue weighted by Crippen LogP contribution is -2.52. The summed E-state index contributed by atoms with van der Waals surface area (Å²) in [5, 5.41) is 0. The lowest BCUT2D eigenvalue weighted by molar-refractivity contribution is -0.344. The maximum absolute atomic E-state index is 12.8. The third-order valence-corrected chi connectivity index (χ3v) is 1.80. The fraction of sp³-hybridized carbons (Fsp3) is 0.750. The molecular weight excluding hydrogens is 245 g/mol. The Morgan fingerprint density at radius 2 is 1.50 bits per heavy atom. The maximum Gasteiger partial charge on any atom is 0.460 e. The van der Waals surface area contributed by atoms with Gasteiger partial charge in [-0.15, -0.1) is 0 Å². The van der Waals surface area contributed by atoms with Crippen LogP contribution < -0.4 is 0 Å². The zero-order valence-electron chi connectivity index (χ0n) is 8.34. The van der Waals surface area contributed by atoms with Crippen molar-refractivity contribution in [1.82, 2.24) is 0 Å². The molecule has 0 atom stereocenters. The van der Waals surface area contributed by atoms with E-state index in [0.717, 1.165) is 7.11 Å². The van der Waals surface area contributed by atoms with E-state index in [4.69, 9.17) is 0 Å². The van der Waals surface area contributed by atoms with E-state index in [0.29, 0.717) is 13.0 Å². The van der Waals surface area contributed by atoms with Crippen LogP contribution in [-0.4, -0.2) is 31.7 Å². The Balaban J connectivity index is 5.19. The summed E-state index contributed by atoms with van der Waals surface area (Å²) in [5.41, 5.74) is -1.39. The molecule has 0 aliphatic heterocycles. The zero-order valence-corrected chi connectivity index (χ0v) is 8.34. The highest BCUT2D eigenvalue weighted by atomic mass is 19.4. The van der Waals surface area contributed by atoms with Crippen molar-refractivity contribution in [1.29, 1.82) is 0 Å². The summed E-state index contributed by atoms with van der Waals surface area (Å²) in [4.78, 5) is 0. The third kappa shape index (κ3) is 2.66. The Labute approximate surface area is 86.9 Å². The Morgan fingerprint density at radius 3 is 1.81 bits per heavy atom. The molecule has 0 radical (unpaired) electrons. The molecule has 0 N–H and O–H groups in total. The van der Waals surface area contributed by atoms with E-state index in [1.54, 1.807) is 0 Å². The van der Waals surface area contributed by atoms with Crippen LogP contribution in [0.4, 0.5) is 30.7 Å². The largest absolute Gasteiger partial charge is 0.460 e. The van der Waals surface area contributed by atoms with Crippen molar-refractivity contribution in [2.24, 2.45) is 0 Å². The van der Waals surface area contributed by atoms with Gasteiger partial charge >= 0.3 is 18.0 Å². The molecule has 0 aromatic rings. The highest BCUT2D eigenvalue weighted by molar-refractivity contribution is 5.16. The highest BCUT2D eigenvalue weighted by Crippen LogP contribution is 2.49. The smallest absolute Gasteiger partial charge is 0.381 e. The molecule has 0 rings (SSSR count). The van der Waals surface area contributed by atoms with Gasteiger partial charge in [0.05, 0.1) is 6.61 Å². The van der Waals surface area contributed by atoms with Gasteiger partial charge in [0.25, 0.3) is 0 Å². The number of hydrogen-bond donors (Lipinski definition) is 0. The second-order valence-corrected chi connectivity index (χ2v) is 2.99. The Morgan fingerprint density at radius 1 is 1.06 bits per heavy atom. The van der Waals surface area contributed by atoms with Gasteiger partial charge in [0.1, 0.15) is 0 Å². The predicted molar refractivity (Wildman–Crippen MR) is 41.6 cm³/mol. The van der Waals surface area contributed by atoms with Crippen LogP contribution in [0.15, 0.2) is 11.6 Å². The molecule has 0 amide bonds. The maximum atomic E-state index is 12.8. The first-order chi connectivity index (χ1) is 6.98. The van der Waals surface area contributed by atoms with E-state index in [9.17, 15) is 30.7 Å². The van der Waals surface area contributed by atoms with E-state index in [1.165, 1.54) is 0 Å². The summed E-state index contributed by atoms with van der Waals surface area (Å²) in [5.74, 6) is -11.4. The lowest BCUT2D eigenvalue weighted by atomic mass is 10.0. The van der Waals surface area contributed by atoms with E-state index in [-0.39, 0.29) is 0 Å². The monoisotopic (exact) mass is 254 g/mol. The van der Waals surface area contributed by atoms with Crippen molar-refractivity contribution in [3.63, 3.8) is 0 Å².